The normalized spacial score (nSPS) is 14.7. The SMILES string of the molecule is O=C(/C=C/c1ccc(Cl)cc1)N1CCN(c2ccc([N+](=O)[O-])cn2)CC1. The lowest BCUT2D eigenvalue weighted by Crippen LogP contribution is -2.48. The van der Waals surface area contributed by atoms with Gasteiger partial charge in [-0.25, -0.2) is 4.98 Å². The Morgan fingerprint density at radius 3 is 2.38 bits per heavy atom. The van der Waals surface area contributed by atoms with Crippen LogP contribution in [0, 0.1) is 10.1 Å². The van der Waals surface area contributed by atoms with Gasteiger partial charge in [-0.2, -0.15) is 0 Å². The lowest BCUT2D eigenvalue weighted by atomic mass is 10.2. The summed E-state index contributed by atoms with van der Waals surface area (Å²) in [7, 11) is 0. The molecule has 2 aromatic rings. The Morgan fingerprint density at radius 2 is 1.81 bits per heavy atom. The number of hydrogen-bond donors (Lipinski definition) is 0. The van der Waals surface area contributed by atoms with Crippen LogP contribution >= 0.6 is 11.6 Å². The highest BCUT2D eigenvalue weighted by molar-refractivity contribution is 6.30. The first kappa shape index (κ1) is 17.9. The zero-order valence-electron chi connectivity index (χ0n) is 13.9. The van der Waals surface area contributed by atoms with Gasteiger partial charge in [-0.05, 0) is 29.8 Å². The van der Waals surface area contributed by atoms with Gasteiger partial charge in [-0.1, -0.05) is 23.7 Å². The summed E-state index contributed by atoms with van der Waals surface area (Å²) in [5.41, 5.74) is 0.881. The van der Waals surface area contributed by atoms with Gasteiger partial charge in [-0.3, -0.25) is 14.9 Å². The molecule has 1 amide bonds. The van der Waals surface area contributed by atoms with E-state index < -0.39 is 4.92 Å². The van der Waals surface area contributed by atoms with E-state index in [0.29, 0.717) is 37.0 Å². The predicted octanol–water partition coefficient (Wildman–Crippen LogP) is 3.01. The van der Waals surface area contributed by atoms with Gasteiger partial charge in [0.2, 0.25) is 5.91 Å². The fraction of sp³-hybridized carbons (Fsp3) is 0.222. The van der Waals surface area contributed by atoms with Crippen molar-refractivity contribution in [2.45, 2.75) is 0 Å². The van der Waals surface area contributed by atoms with Gasteiger partial charge in [0.25, 0.3) is 5.69 Å². The molecular formula is C18H17ClN4O3. The fourth-order valence-corrected chi connectivity index (χ4v) is 2.80. The predicted molar refractivity (Wildman–Crippen MR) is 100 cm³/mol. The number of pyridine rings is 1. The molecule has 1 aliphatic rings. The molecule has 1 aromatic heterocycles. The number of benzene rings is 1. The van der Waals surface area contributed by atoms with E-state index in [0.717, 1.165) is 5.56 Å². The van der Waals surface area contributed by atoms with Gasteiger partial charge >= 0.3 is 0 Å². The fourth-order valence-electron chi connectivity index (χ4n) is 2.68. The molecule has 0 spiro atoms. The molecule has 0 atom stereocenters. The molecule has 1 fully saturated rings. The van der Waals surface area contributed by atoms with Crippen LogP contribution in [0.2, 0.25) is 5.02 Å². The summed E-state index contributed by atoms with van der Waals surface area (Å²) in [6, 6.07) is 10.3. The van der Waals surface area contributed by atoms with Gasteiger partial charge in [0.15, 0.2) is 0 Å². The van der Waals surface area contributed by atoms with E-state index in [9.17, 15) is 14.9 Å². The molecule has 0 bridgehead atoms. The molecule has 0 aliphatic carbocycles. The topological polar surface area (TPSA) is 79.6 Å². The molecule has 7 nitrogen and oxygen atoms in total. The largest absolute Gasteiger partial charge is 0.353 e. The standard InChI is InChI=1S/C18H17ClN4O3/c19-15-4-1-14(2-5-15)3-8-18(24)22-11-9-21(10-12-22)17-7-6-16(13-20-17)23(25)26/h1-8,13H,9-12H2/b8-3+. The number of carbonyl (C=O) groups is 1. The molecule has 26 heavy (non-hydrogen) atoms. The number of carbonyl (C=O) groups excluding carboxylic acids is 1. The molecule has 8 heteroatoms. The van der Waals surface area contributed by atoms with Gasteiger partial charge in [0.1, 0.15) is 12.0 Å². The van der Waals surface area contributed by atoms with Crippen LogP contribution in [0.25, 0.3) is 6.08 Å². The van der Waals surface area contributed by atoms with Crippen LogP contribution in [0.1, 0.15) is 5.56 Å². The summed E-state index contributed by atoms with van der Waals surface area (Å²) < 4.78 is 0. The van der Waals surface area contributed by atoms with Crippen molar-refractivity contribution in [2.75, 3.05) is 31.1 Å². The first-order valence-electron chi connectivity index (χ1n) is 8.11. The maximum Gasteiger partial charge on any atom is 0.287 e. The van der Waals surface area contributed by atoms with Crippen LogP contribution in [0.3, 0.4) is 0 Å². The van der Waals surface area contributed by atoms with E-state index >= 15 is 0 Å². The number of piperazine rings is 1. The number of nitrogens with zero attached hydrogens (tertiary/aromatic N) is 4. The highest BCUT2D eigenvalue weighted by atomic mass is 35.5. The third-order valence-corrected chi connectivity index (χ3v) is 4.40. The van der Waals surface area contributed by atoms with Gasteiger partial charge in [-0.15, -0.1) is 0 Å². The first-order valence-corrected chi connectivity index (χ1v) is 8.49. The smallest absolute Gasteiger partial charge is 0.287 e. The van der Waals surface area contributed by atoms with Crippen molar-refractivity contribution in [1.29, 1.82) is 0 Å². The Balaban J connectivity index is 1.55. The molecule has 0 unspecified atom stereocenters. The average Bonchev–Trinajstić information content (AvgIpc) is 2.67. The van der Waals surface area contributed by atoms with E-state index in [1.807, 2.05) is 17.0 Å². The van der Waals surface area contributed by atoms with Crippen molar-refractivity contribution >= 4 is 35.1 Å². The molecule has 0 radical (unpaired) electrons. The Labute approximate surface area is 155 Å². The van der Waals surface area contributed by atoms with E-state index in [-0.39, 0.29) is 11.6 Å². The number of halogens is 1. The number of hydrogen-bond acceptors (Lipinski definition) is 5. The minimum atomic E-state index is -0.472. The van der Waals surface area contributed by atoms with Crippen LogP contribution in [0.15, 0.2) is 48.7 Å². The monoisotopic (exact) mass is 372 g/mol. The summed E-state index contributed by atoms with van der Waals surface area (Å²) in [5.74, 6) is 0.635. The lowest BCUT2D eigenvalue weighted by Gasteiger charge is -2.34. The zero-order chi connectivity index (χ0) is 18.5. The van der Waals surface area contributed by atoms with Crippen molar-refractivity contribution in [2.24, 2.45) is 0 Å². The number of nitro groups is 1. The molecule has 0 N–H and O–H groups in total. The van der Waals surface area contributed by atoms with E-state index in [1.165, 1.54) is 12.3 Å². The Bertz CT molecular complexity index is 813. The van der Waals surface area contributed by atoms with Crippen LogP contribution in [0.4, 0.5) is 11.5 Å². The summed E-state index contributed by atoms with van der Waals surface area (Å²) in [6.45, 7) is 2.40. The highest BCUT2D eigenvalue weighted by Gasteiger charge is 2.21. The first-order chi connectivity index (χ1) is 12.5. The number of aromatic nitrogens is 1. The van der Waals surface area contributed by atoms with Crippen molar-refractivity contribution in [3.8, 4) is 0 Å². The van der Waals surface area contributed by atoms with Gasteiger partial charge in [0, 0.05) is 43.3 Å². The van der Waals surface area contributed by atoms with Gasteiger partial charge in [0.05, 0.1) is 4.92 Å². The molecule has 1 saturated heterocycles. The molecule has 0 saturated carbocycles. The van der Waals surface area contributed by atoms with Crippen LogP contribution in [-0.2, 0) is 4.79 Å². The maximum atomic E-state index is 12.3. The van der Waals surface area contributed by atoms with E-state index in [2.05, 4.69) is 4.98 Å². The quantitative estimate of drug-likeness (QED) is 0.468. The number of rotatable bonds is 4. The molecule has 134 valence electrons. The third kappa shape index (κ3) is 4.37. The maximum absolute atomic E-state index is 12.3. The Hall–Kier alpha value is -2.93. The highest BCUT2D eigenvalue weighted by Crippen LogP contribution is 2.17. The minimum absolute atomic E-state index is 0.0325. The molecule has 2 heterocycles. The van der Waals surface area contributed by atoms with Crippen LogP contribution in [-0.4, -0.2) is 46.9 Å². The number of amides is 1. The summed E-state index contributed by atoms with van der Waals surface area (Å²) in [6.07, 6.45) is 4.58. The Kier molecular flexibility index (Phi) is 5.48. The minimum Gasteiger partial charge on any atom is -0.353 e. The molecule has 3 rings (SSSR count). The zero-order valence-corrected chi connectivity index (χ0v) is 14.7. The van der Waals surface area contributed by atoms with Crippen molar-refractivity contribution < 1.29 is 9.72 Å². The van der Waals surface area contributed by atoms with Crippen molar-refractivity contribution in [3.63, 3.8) is 0 Å². The number of anilines is 1. The molecule has 1 aliphatic heterocycles. The van der Waals surface area contributed by atoms with E-state index in [1.54, 1.807) is 35.3 Å². The second-order valence-corrected chi connectivity index (χ2v) is 6.27. The third-order valence-electron chi connectivity index (χ3n) is 4.15. The van der Waals surface area contributed by atoms with Crippen molar-refractivity contribution in [3.05, 3.63) is 69.4 Å². The van der Waals surface area contributed by atoms with Crippen LogP contribution in [0.5, 0.6) is 0 Å². The molecular weight excluding hydrogens is 356 g/mol. The molecule has 1 aromatic carbocycles. The average molecular weight is 373 g/mol. The van der Waals surface area contributed by atoms with E-state index in [4.69, 9.17) is 11.6 Å². The Morgan fingerprint density at radius 1 is 1.12 bits per heavy atom. The second-order valence-electron chi connectivity index (χ2n) is 5.83. The summed E-state index contributed by atoms with van der Waals surface area (Å²) in [5, 5.41) is 11.3. The summed E-state index contributed by atoms with van der Waals surface area (Å²) in [4.78, 5) is 30.4. The lowest BCUT2D eigenvalue weighted by molar-refractivity contribution is -0.385. The van der Waals surface area contributed by atoms with Crippen LogP contribution < -0.4 is 4.90 Å². The van der Waals surface area contributed by atoms with Crippen molar-refractivity contribution in [1.82, 2.24) is 9.88 Å². The second kappa shape index (κ2) is 7.97. The summed E-state index contributed by atoms with van der Waals surface area (Å²) >= 11 is 5.84. The van der Waals surface area contributed by atoms with Gasteiger partial charge < -0.3 is 9.80 Å².